The average molecular weight is 393 g/mol. The van der Waals surface area contributed by atoms with E-state index in [1.54, 1.807) is 12.1 Å². The minimum atomic E-state index is -1.21. The van der Waals surface area contributed by atoms with Crippen molar-refractivity contribution in [1.82, 2.24) is 0 Å². The van der Waals surface area contributed by atoms with Crippen LogP contribution >= 0.6 is 34.2 Å². The fourth-order valence-electron chi connectivity index (χ4n) is 1.53. The predicted octanol–water partition coefficient (Wildman–Crippen LogP) is 1.05. The molecular formula is C12H10ClIN2O3. The van der Waals surface area contributed by atoms with Crippen molar-refractivity contribution in [2.45, 2.75) is 19.4 Å². The lowest BCUT2D eigenvalue weighted by Gasteiger charge is -2.11. The molecule has 100 valence electrons. The van der Waals surface area contributed by atoms with Crippen LogP contribution in [0, 0.1) is 3.57 Å². The van der Waals surface area contributed by atoms with Crippen LogP contribution in [0.2, 0.25) is 5.02 Å². The van der Waals surface area contributed by atoms with Crippen LogP contribution in [-0.2, 0) is 14.3 Å². The first-order valence-corrected chi connectivity index (χ1v) is 7.10. The van der Waals surface area contributed by atoms with Crippen LogP contribution in [0.3, 0.4) is 0 Å². The van der Waals surface area contributed by atoms with Crippen molar-refractivity contribution >= 4 is 46.1 Å². The first kappa shape index (κ1) is 14.4. The summed E-state index contributed by atoms with van der Waals surface area (Å²) in [5.41, 5.74) is 0. The molecule has 19 heavy (non-hydrogen) atoms. The normalized spacial score (nSPS) is 17.2. The van der Waals surface area contributed by atoms with Gasteiger partial charge in [-0.05, 0) is 41.1 Å². The van der Waals surface area contributed by atoms with Crippen molar-refractivity contribution in [2.24, 2.45) is 9.98 Å². The number of fused-ring (bicyclic) bond motifs is 1. The smallest absolute Gasteiger partial charge is 0.340 e. The fraction of sp³-hybridized carbons (Fsp3) is 0.333. The molecule has 0 aromatic heterocycles. The Morgan fingerprint density at radius 2 is 2.21 bits per heavy atom. The standard InChI is InChI=1S/C12H10ClIN2O3/c1-2-3-19-12(18)10-11(17)16-9-5-7(14)6(13)4-8(9)15-10/h4-5,10H,2-3H2,1H3. The molecule has 1 aromatic carbocycles. The van der Waals surface area contributed by atoms with E-state index < -0.39 is 17.9 Å². The largest absolute Gasteiger partial charge is 0.464 e. The van der Waals surface area contributed by atoms with E-state index in [1.165, 1.54) is 0 Å². The number of rotatable bonds is 3. The third kappa shape index (κ3) is 3.11. The molecule has 1 atom stereocenters. The van der Waals surface area contributed by atoms with Gasteiger partial charge in [0.2, 0.25) is 6.04 Å². The van der Waals surface area contributed by atoms with Crippen molar-refractivity contribution in [3.63, 3.8) is 0 Å². The summed E-state index contributed by atoms with van der Waals surface area (Å²) in [6.45, 7) is 2.13. The van der Waals surface area contributed by atoms with Gasteiger partial charge >= 0.3 is 5.97 Å². The number of carbonyl (C=O) groups excluding carboxylic acids is 2. The van der Waals surface area contributed by atoms with Crippen molar-refractivity contribution in [2.75, 3.05) is 6.61 Å². The molecule has 0 radical (unpaired) electrons. The van der Waals surface area contributed by atoms with Crippen LogP contribution in [0.25, 0.3) is 0 Å². The third-order valence-electron chi connectivity index (χ3n) is 2.42. The molecule has 0 fully saturated rings. The van der Waals surface area contributed by atoms with E-state index in [-0.39, 0.29) is 6.61 Å². The number of benzene rings is 1. The SMILES string of the molecule is CCCOC(=O)C1N=c2cc(Cl)c(I)cc2=NC1=O. The minimum Gasteiger partial charge on any atom is -0.464 e. The van der Waals surface area contributed by atoms with Crippen molar-refractivity contribution < 1.29 is 14.3 Å². The Morgan fingerprint density at radius 3 is 2.89 bits per heavy atom. The van der Waals surface area contributed by atoms with Gasteiger partial charge in [0, 0.05) is 3.57 Å². The maximum absolute atomic E-state index is 11.8. The number of esters is 1. The number of nitrogens with zero attached hydrogens (tertiary/aromatic N) is 2. The Labute approximate surface area is 127 Å². The van der Waals surface area contributed by atoms with E-state index in [2.05, 4.69) is 9.98 Å². The molecule has 0 N–H and O–H groups in total. The summed E-state index contributed by atoms with van der Waals surface area (Å²) in [6.07, 6.45) is 0.685. The summed E-state index contributed by atoms with van der Waals surface area (Å²) < 4.78 is 5.70. The second-order valence-corrected chi connectivity index (χ2v) is 5.47. The fourth-order valence-corrected chi connectivity index (χ4v) is 2.14. The van der Waals surface area contributed by atoms with Gasteiger partial charge < -0.3 is 4.74 Å². The van der Waals surface area contributed by atoms with Gasteiger partial charge in [0.05, 0.1) is 22.3 Å². The zero-order valence-electron chi connectivity index (χ0n) is 10.0. The lowest BCUT2D eigenvalue weighted by Crippen LogP contribution is -2.41. The van der Waals surface area contributed by atoms with Gasteiger partial charge in [0.25, 0.3) is 5.91 Å². The van der Waals surface area contributed by atoms with Crippen LogP contribution in [0.4, 0.5) is 0 Å². The summed E-state index contributed by atoms with van der Waals surface area (Å²) in [6, 6.07) is 2.04. The Balaban J connectivity index is 2.41. The summed E-state index contributed by atoms with van der Waals surface area (Å²) in [5.74, 6) is -1.28. The number of ether oxygens (including phenoxy) is 1. The molecule has 1 aliphatic heterocycles. The highest BCUT2D eigenvalue weighted by Crippen LogP contribution is 2.13. The van der Waals surface area contributed by atoms with E-state index in [0.29, 0.717) is 22.2 Å². The van der Waals surface area contributed by atoms with Crippen LogP contribution in [0.1, 0.15) is 13.3 Å². The van der Waals surface area contributed by atoms with E-state index in [0.717, 1.165) is 3.57 Å². The number of hydrogen-bond acceptors (Lipinski definition) is 4. The van der Waals surface area contributed by atoms with Crippen molar-refractivity contribution in [3.05, 3.63) is 31.4 Å². The van der Waals surface area contributed by atoms with Crippen LogP contribution in [-0.4, -0.2) is 24.5 Å². The van der Waals surface area contributed by atoms with E-state index in [1.807, 2.05) is 29.5 Å². The summed E-state index contributed by atoms with van der Waals surface area (Å²) >= 11 is 8.02. The quantitative estimate of drug-likeness (QED) is 0.439. The molecule has 0 bridgehead atoms. The zero-order valence-corrected chi connectivity index (χ0v) is 12.9. The van der Waals surface area contributed by atoms with Crippen molar-refractivity contribution in [1.29, 1.82) is 0 Å². The lowest BCUT2D eigenvalue weighted by atomic mass is 10.2. The molecule has 0 saturated carbocycles. The van der Waals surface area contributed by atoms with E-state index >= 15 is 0 Å². The predicted molar refractivity (Wildman–Crippen MR) is 76.5 cm³/mol. The van der Waals surface area contributed by atoms with Gasteiger partial charge in [-0.2, -0.15) is 0 Å². The lowest BCUT2D eigenvalue weighted by molar-refractivity contribution is -0.147. The van der Waals surface area contributed by atoms with E-state index in [4.69, 9.17) is 16.3 Å². The maximum Gasteiger partial charge on any atom is 0.340 e. The second-order valence-electron chi connectivity index (χ2n) is 3.90. The minimum absolute atomic E-state index is 0.262. The molecule has 1 aliphatic rings. The Kier molecular flexibility index (Phi) is 4.51. The number of carbonyl (C=O) groups is 2. The number of amides is 1. The van der Waals surface area contributed by atoms with Gasteiger partial charge in [0.15, 0.2) is 0 Å². The maximum atomic E-state index is 11.8. The Hall–Kier alpha value is -1.02. The topological polar surface area (TPSA) is 68.1 Å². The number of halogens is 2. The molecule has 0 spiro atoms. The van der Waals surface area contributed by atoms with Gasteiger partial charge in [-0.1, -0.05) is 18.5 Å². The Bertz CT molecular complexity index is 660. The number of hydrogen-bond donors (Lipinski definition) is 0. The zero-order chi connectivity index (χ0) is 14.0. The molecular weight excluding hydrogens is 383 g/mol. The molecule has 1 heterocycles. The molecule has 7 heteroatoms. The Morgan fingerprint density at radius 1 is 1.47 bits per heavy atom. The van der Waals surface area contributed by atoms with Crippen LogP contribution in [0.15, 0.2) is 22.1 Å². The van der Waals surface area contributed by atoms with Gasteiger partial charge in [-0.3, -0.25) is 9.79 Å². The molecule has 1 amide bonds. The highest BCUT2D eigenvalue weighted by molar-refractivity contribution is 14.1. The molecule has 1 unspecified atom stereocenters. The van der Waals surface area contributed by atoms with Crippen LogP contribution < -0.4 is 10.7 Å². The average Bonchev–Trinajstić information content (AvgIpc) is 2.37. The second kappa shape index (κ2) is 5.96. The molecule has 0 aliphatic carbocycles. The summed E-state index contributed by atoms with van der Waals surface area (Å²) in [4.78, 5) is 31.4. The van der Waals surface area contributed by atoms with Gasteiger partial charge in [-0.15, -0.1) is 0 Å². The molecule has 5 nitrogen and oxygen atoms in total. The third-order valence-corrected chi connectivity index (χ3v) is 3.95. The molecule has 2 rings (SSSR count). The van der Waals surface area contributed by atoms with Gasteiger partial charge in [0.1, 0.15) is 0 Å². The highest BCUT2D eigenvalue weighted by atomic mass is 127. The monoisotopic (exact) mass is 392 g/mol. The summed E-state index contributed by atoms with van der Waals surface area (Å²) in [5, 5.41) is 1.37. The van der Waals surface area contributed by atoms with Gasteiger partial charge in [-0.25, -0.2) is 9.79 Å². The first-order valence-electron chi connectivity index (χ1n) is 5.65. The van der Waals surface area contributed by atoms with Crippen LogP contribution in [0.5, 0.6) is 0 Å². The summed E-state index contributed by atoms with van der Waals surface area (Å²) in [7, 11) is 0. The molecule has 1 aromatic rings. The first-order chi connectivity index (χ1) is 9.02. The highest BCUT2D eigenvalue weighted by Gasteiger charge is 2.29. The van der Waals surface area contributed by atoms with Crippen molar-refractivity contribution in [3.8, 4) is 0 Å². The van der Waals surface area contributed by atoms with E-state index in [9.17, 15) is 9.59 Å². The molecule has 0 saturated heterocycles.